The highest BCUT2D eigenvalue weighted by atomic mass is 16.4. The second-order valence-corrected chi connectivity index (χ2v) is 5.81. The van der Waals surface area contributed by atoms with Gasteiger partial charge >= 0.3 is 5.97 Å². The molecule has 2 heterocycles. The number of nitrogens with one attached hydrogen (secondary N) is 1. The second kappa shape index (κ2) is 6.31. The molecule has 0 spiro atoms. The number of anilines is 1. The highest BCUT2D eigenvalue weighted by molar-refractivity contribution is 5.90. The summed E-state index contributed by atoms with van der Waals surface area (Å²) in [5.74, 6) is -0.320. The number of pyridine rings is 1. The van der Waals surface area contributed by atoms with Crippen LogP contribution in [0.15, 0.2) is 30.5 Å². The molecule has 0 amide bonds. The Balaban J connectivity index is 2.00. The van der Waals surface area contributed by atoms with Gasteiger partial charge in [-0.15, -0.1) is 10.2 Å². The molecule has 0 aliphatic heterocycles. The Morgan fingerprint density at radius 3 is 2.79 bits per heavy atom. The molecular weight excluding hydrogens is 304 g/mol. The van der Waals surface area contributed by atoms with Crippen LogP contribution in [-0.2, 0) is 13.0 Å². The summed E-state index contributed by atoms with van der Waals surface area (Å²) in [7, 11) is 0. The Hall–Kier alpha value is -2.89. The summed E-state index contributed by atoms with van der Waals surface area (Å²) in [4.78, 5) is 11.4. The predicted octanol–water partition coefficient (Wildman–Crippen LogP) is 3.22. The molecule has 0 aliphatic carbocycles. The van der Waals surface area contributed by atoms with E-state index < -0.39 is 5.97 Å². The fourth-order valence-corrected chi connectivity index (χ4v) is 2.88. The van der Waals surface area contributed by atoms with Gasteiger partial charge < -0.3 is 10.4 Å². The fraction of sp³-hybridized carbons (Fsp3) is 0.278. The summed E-state index contributed by atoms with van der Waals surface area (Å²) in [5, 5.41) is 20.9. The standard InChI is InChI=1S/C18H20N4O2/c1-4-13-7-5-6-11(2)15(13)9-19-16-8-14(18(23)24)10-22-12(3)20-21-17(16)22/h5-8,10,19H,4,9H2,1-3H3,(H,23,24). The van der Waals surface area contributed by atoms with Crippen LogP contribution < -0.4 is 5.32 Å². The van der Waals surface area contributed by atoms with Gasteiger partial charge in [0, 0.05) is 12.7 Å². The lowest BCUT2D eigenvalue weighted by molar-refractivity contribution is 0.0696. The van der Waals surface area contributed by atoms with Crippen LogP contribution in [0.5, 0.6) is 0 Å². The van der Waals surface area contributed by atoms with Crippen LogP contribution >= 0.6 is 0 Å². The van der Waals surface area contributed by atoms with Crippen LogP contribution in [-0.4, -0.2) is 25.7 Å². The number of aromatic carboxylic acids is 1. The van der Waals surface area contributed by atoms with Crippen molar-refractivity contribution in [1.82, 2.24) is 14.6 Å². The maximum absolute atomic E-state index is 11.4. The molecule has 0 saturated heterocycles. The quantitative estimate of drug-likeness (QED) is 0.753. The van der Waals surface area contributed by atoms with Gasteiger partial charge in [-0.2, -0.15) is 0 Å². The number of aryl methyl sites for hydroxylation is 3. The van der Waals surface area contributed by atoms with Gasteiger partial charge in [-0.3, -0.25) is 4.40 Å². The molecule has 6 heteroatoms. The van der Waals surface area contributed by atoms with E-state index in [1.807, 2.05) is 0 Å². The van der Waals surface area contributed by atoms with Crippen LogP contribution in [0.3, 0.4) is 0 Å². The summed E-state index contributed by atoms with van der Waals surface area (Å²) in [6.07, 6.45) is 2.50. The average Bonchev–Trinajstić information content (AvgIpc) is 2.94. The van der Waals surface area contributed by atoms with Crippen LogP contribution in [0.4, 0.5) is 5.69 Å². The van der Waals surface area contributed by atoms with Crippen LogP contribution in [0.25, 0.3) is 5.65 Å². The van der Waals surface area contributed by atoms with Crippen molar-refractivity contribution in [2.24, 2.45) is 0 Å². The largest absolute Gasteiger partial charge is 0.478 e. The topological polar surface area (TPSA) is 79.5 Å². The van der Waals surface area contributed by atoms with Gasteiger partial charge in [-0.1, -0.05) is 25.1 Å². The number of hydrogen-bond donors (Lipinski definition) is 2. The minimum Gasteiger partial charge on any atom is -0.478 e. The van der Waals surface area contributed by atoms with Gasteiger partial charge in [0.05, 0.1) is 11.3 Å². The van der Waals surface area contributed by atoms with Crippen molar-refractivity contribution in [2.45, 2.75) is 33.7 Å². The maximum Gasteiger partial charge on any atom is 0.337 e. The molecule has 2 N–H and O–H groups in total. The second-order valence-electron chi connectivity index (χ2n) is 5.81. The average molecular weight is 324 g/mol. The first-order valence-electron chi connectivity index (χ1n) is 7.91. The van der Waals surface area contributed by atoms with Gasteiger partial charge in [0.25, 0.3) is 0 Å². The highest BCUT2D eigenvalue weighted by Crippen LogP contribution is 2.22. The zero-order chi connectivity index (χ0) is 17.3. The molecule has 0 unspecified atom stereocenters. The molecule has 0 aliphatic rings. The van der Waals surface area contributed by atoms with Gasteiger partial charge in [-0.25, -0.2) is 4.79 Å². The molecule has 0 atom stereocenters. The SMILES string of the molecule is CCc1cccc(C)c1CNc1cc(C(=O)O)cn2c(C)nnc12. The molecule has 6 nitrogen and oxygen atoms in total. The first-order valence-corrected chi connectivity index (χ1v) is 7.91. The monoisotopic (exact) mass is 324 g/mol. The van der Waals surface area contributed by atoms with Gasteiger partial charge in [-0.05, 0) is 43.0 Å². The lowest BCUT2D eigenvalue weighted by Gasteiger charge is -2.14. The third-order valence-corrected chi connectivity index (χ3v) is 4.27. The summed E-state index contributed by atoms with van der Waals surface area (Å²) in [6, 6.07) is 7.87. The van der Waals surface area contributed by atoms with Crippen molar-refractivity contribution in [3.05, 3.63) is 58.5 Å². The number of carboxylic acids is 1. The molecule has 3 rings (SSSR count). The first kappa shape index (κ1) is 16.0. The van der Waals surface area contributed by atoms with E-state index in [-0.39, 0.29) is 5.56 Å². The normalized spacial score (nSPS) is 11.0. The Morgan fingerprint density at radius 2 is 2.08 bits per heavy atom. The number of hydrogen-bond acceptors (Lipinski definition) is 4. The number of rotatable bonds is 5. The molecule has 3 aromatic rings. The van der Waals surface area contributed by atoms with Gasteiger partial charge in [0.15, 0.2) is 5.65 Å². The smallest absolute Gasteiger partial charge is 0.337 e. The van der Waals surface area contributed by atoms with Crippen LogP contribution in [0.1, 0.15) is 39.8 Å². The molecular formula is C18H20N4O2. The van der Waals surface area contributed by atoms with Crippen LogP contribution in [0, 0.1) is 13.8 Å². The van der Waals surface area contributed by atoms with E-state index in [4.69, 9.17) is 0 Å². The molecule has 1 aromatic carbocycles. The van der Waals surface area contributed by atoms with Gasteiger partial charge in [0.2, 0.25) is 0 Å². The Kier molecular flexibility index (Phi) is 4.20. The molecule has 0 radical (unpaired) electrons. The van der Waals surface area contributed by atoms with Crippen molar-refractivity contribution in [1.29, 1.82) is 0 Å². The molecule has 0 saturated carbocycles. The third kappa shape index (κ3) is 2.82. The lowest BCUT2D eigenvalue weighted by atomic mass is 10.00. The molecule has 2 aromatic heterocycles. The van der Waals surface area contributed by atoms with Crippen molar-refractivity contribution >= 4 is 17.3 Å². The summed E-state index contributed by atoms with van der Waals surface area (Å²) < 4.78 is 1.70. The molecule has 0 bridgehead atoms. The minimum atomic E-state index is -0.974. The zero-order valence-corrected chi connectivity index (χ0v) is 14.0. The van der Waals surface area contributed by atoms with E-state index >= 15 is 0 Å². The van der Waals surface area contributed by atoms with Crippen molar-refractivity contribution in [3.8, 4) is 0 Å². The van der Waals surface area contributed by atoms with Crippen molar-refractivity contribution < 1.29 is 9.90 Å². The number of carboxylic acid groups (broad SMARTS) is 1. The number of nitrogens with zero attached hydrogens (tertiary/aromatic N) is 3. The highest BCUT2D eigenvalue weighted by Gasteiger charge is 2.13. The maximum atomic E-state index is 11.4. The Morgan fingerprint density at radius 1 is 1.29 bits per heavy atom. The van der Waals surface area contributed by atoms with Gasteiger partial charge in [0.1, 0.15) is 5.82 Å². The predicted molar refractivity (Wildman–Crippen MR) is 92.6 cm³/mol. The summed E-state index contributed by atoms with van der Waals surface area (Å²) in [5.41, 5.74) is 5.23. The van der Waals surface area contributed by atoms with E-state index in [9.17, 15) is 9.90 Å². The van der Waals surface area contributed by atoms with Crippen molar-refractivity contribution in [2.75, 3.05) is 5.32 Å². The van der Waals surface area contributed by atoms with E-state index in [1.165, 1.54) is 16.7 Å². The Bertz CT molecular complexity index is 915. The van der Waals surface area contributed by atoms with Crippen LogP contribution in [0.2, 0.25) is 0 Å². The number of benzene rings is 1. The minimum absolute atomic E-state index is 0.202. The molecule has 24 heavy (non-hydrogen) atoms. The lowest BCUT2D eigenvalue weighted by Crippen LogP contribution is -2.08. The molecule has 0 fully saturated rings. The fourth-order valence-electron chi connectivity index (χ4n) is 2.88. The number of carbonyl (C=O) groups is 1. The number of aromatic nitrogens is 3. The molecule has 124 valence electrons. The zero-order valence-electron chi connectivity index (χ0n) is 14.0. The summed E-state index contributed by atoms with van der Waals surface area (Å²) in [6.45, 7) is 6.62. The summed E-state index contributed by atoms with van der Waals surface area (Å²) >= 11 is 0. The number of fused-ring (bicyclic) bond motifs is 1. The Labute approximate surface area is 140 Å². The van der Waals surface area contributed by atoms with E-state index in [0.29, 0.717) is 23.7 Å². The van der Waals surface area contributed by atoms with Crippen molar-refractivity contribution in [3.63, 3.8) is 0 Å². The first-order chi connectivity index (χ1) is 11.5. The van der Waals surface area contributed by atoms with E-state index in [1.54, 1.807) is 23.6 Å². The van der Waals surface area contributed by atoms with E-state index in [0.717, 1.165) is 6.42 Å². The third-order valence-electron chi connectivity index (χ3n) is 4.27. The van der Waals surface area contributed by atoms with E-state index in [2.05, 4.69) is 47.6 Å².